The Morgan fingerprint density at radius 3 is 2.24 bits per heavy atom. The van der Waals surface area contributed by atoms with Crippen LogP contribution in [0.15, 0.2) is 72.8 Å². The van der Waals surface area contributed by atoms with Gasteiger partial charge in [0, 0.05) is 19.0 Å². The van der Waals surface area contributed by atoms with E-state index in [1.165, 1.54) is 0 Å². The van der Waals surface area contributed by atoms with E-state index in [0.29, 0.717) is 18.7 Å². The molecule has 0 spiro atoms. The number of benzene rings is 3. The Labute approximate surface area is 220 Å². The van der Waals surface area contributed by atoms with Crippen LogP contribution < -0.4 is 10.1 Å². The third kappa shape index (κ3) is 7.45. The number of hydrogen-bond donors (Lipinski definition) is 1. The van der Waals surface area contributed by atoms with E-state index in [4.69, 9.17) is 4.74 Å². The molecule has 194 valence electrons. The number of carbonyl (C=O) groups is 2. The lowest BCUT2D eigenvalue weighted by atomic mass is 10.0. The van der Waals surface area contributed by atoms with Gasteiger partial charge in [0.25, 0.3) is 5.91 Å². The van der Waals surface area contributed by atoms with Crippen LogP contribution in [-0.2, 0) is 22.6 Å². The Balaban J connectivity index is 1.62. The molecule has 1 fully saturated rings. The van der Waals surface area contributed by atoms with E-state index in [9.17, 15) is 9.59 Å². The molecular formula is C32H38N2O3. The third-order valence-electron chi connectivity index (χ3n) is 7.13. The molecule has 0 aliphatic heterocycles. The van der Waals surface area contributed by atoms with Crippen LogP contribution in [-0.4, -0.2) is 35.4 Å². The van der Waals surface area contributed by atoms with Crippen LogP contribution >= 0.6 is 0 Å². The Hall–Kier alpha value is -3.60. The summed E-state index contributed by atoms with van der Waals surface area (Å²) in [6.07, 6.45) is 4.69. The molecule has 0 saturated heterocycles. The second kappa shape index (κ2) is 12.6. The van der Waals surface area contributed by atoms with Crippen molar-refractivity contribution in [3.05, 3.63) is 101 Å². The summed E-state index contributed by atoms with van der Waals surface area (Å²) in [5.41, 5.74) is 5.29. The molecule has 0 heterocycles. The minimum atomic E-state index is -0.641. The van der Waals surface area contributed by atoms with E-state index < -0.39 is 6.04 Å². The summed E-state index contributed by atoms with van der Waals surface area (Å²) < 4.78 is 5.97. The molecule has 1 aliphatic rings. The monoisotopic (exact) mass is 498 g/mol. The van der Waals surface area contributed by atoms with Crippen LogP contribution in [0.1, 0.15) is 53.5 Å². The molecule has 1 unspecified atom stereocenters. The highest BCUT2D eigenvalue weighted by atomic mass is 16.5. The SMILES string of the molecule is Cc1cc(C)cc(OCC(=O)N(Cc2ccccc2C)C(Cc2ccccc2)C(=O)NC2CCCC2)c1. The topological polar surface area (TPSA) is 58.6 Å². The van der Waals surface area contributed by atoms with Gasteiger partial charge in [-0.05, 0) is 73.6 Å². The molecule has 5 nitrogen and oxygen atoms in total. The summed E-state index contributed by atoms with van der Waals surface area (Å²) in [5, 5.41) is 3.25. The minimum absolute atomic E-state index is 0.0934. The number of amides is 2. The molecule has 5 heteroatoms. The standard InChI is InChI=1S/C32H38N2O3/c1-23-17-24(2)19-29(18-23)37-22-31(35)34(21-27-14-8-7-11-25(27)3)30(20-26-12-5-4-6-13-26)32(36)33-28-15-9-10-16-28/h4-8,11-14,17-19,28,30H,9-10,15-16,20-22H2,1-3H3,(H,33,36). The Morgan fingerprint density at radius 1 is 0.919 bits per heavy atom. The number of nitrogens with zero attached hydrogens (tertiary/aromatic N) is 1. The van der Waals surface area contributed by atoms with Crippen molar-refractivity contribution in [3.8, 4) is 5.75 Å². The maximum Gasteiger partial charge on any atom is 0.261 e. The molecule has 1 atom stereocenters. The molecule has 1 saturated carbocycles. The van der Waals surface area contributed by atoms with Gasteiger partial charge in [-0.2, -0.15) is 0 Å². The quantitative estimate of drug-likeness (QED) is 0.391. The van der Waals surface area contributed by atoms with Crippen LogP contribution in [0, 0.1) is 20.8 Å². The molecule has 0 bridgehead atoms. The smallest absolute Gasteiger partial charge is 0.261 e. The van der Waals surface area contributed by atoms with Gasteiger partial charge in [-0.25, -0.2) is 0 Å². The fourth-order valence-corrected chi connectivity index (χ4v) is 5.14. The predicted octanol–water partition coefficient (Wildman–Crippen LogP) is 5.69. The molecule has 1 N–H and O–H groups in total. The highest BCUT2D eigenvalue weighted by Gasteiger charge is 2.32. The van der Waals surface area contributed by atoms with Crippen molar-refractivity contribution in [2.45, 2.75) is 71.5 Å². The summed E-state index contributed by atoms with van der Waals surface area (Å²) in [7, 11) is 0. The zero-order valence-corrected chi connectivity index (χ0v) is 22.2. The van der Waals surface area contributed by atoms with Gasteiger partial charge in [-0.3, -0.25) is 9.59 Å². The molecule has 3 aromatic carbocycles. The molecule has 4 rings (SSSR count). The third-order valence-corrected chi connectivity index (χ3v) is 7.13. The number of hydrogen-bond acceptors (Lipinski definition) is 3. The van der Waals surface area contributed by atoms with Crippen molar-refractivity contribution in [2.24, 2.45) is 0 Å². The average molecular weight is 499 g/mol. The maximum absolute atomic E-state index is 13.8. The lowest BCUT2D eigenvalue weighted by Crippen LogP contribution is -2.53. The van der Waals surface area contributed by atoms with Crippen molar-refractivity contribution in [1.29, 1.82) is 0 Å². The molecule has 0 radical (unpaired) electrons. The highest BCUT2D eigenvalue weighted by Crippen LogP contribution is 2.22. The first-order valence-electron chi connectivity index (χ1n) is 13.3. The number of aryl methyl sites for hydroxylation is 3. The van der Waals surface area contributed by atoms with E-state index in [1.807, 2.05) is 87.5 Å². The van der Waals surface area contributed by atoms with Gasteiger partial charge in [0.05, 0.1) is 0 Å². The van der Waals surface area contributed by atoms with Crippen molar-refractivity contribution >= 4 is 11.8 Å². The van der Waals surface area contributed by atoms with E-state index >= 15 is 0 Å². The zero-order valence-electron chi connectivity index (χ0n) is 22.2. The fraction of sp³-hybridized carbons (Fsp3) is 0.375. The second-order valence-electron chi connectivity index (χ2n) is 10.3. The molecule has 0 aromatic heterocycles. The lowest BCUT2D eigenvalue weighted by molar-refractivity contribution is -0.143. The largest absolute Gasteiger partial charge is 0.484 e. The van der Waals surface area contributed by atoms with E-state index in [-0.39, 0.29) is 24.5 Å². The molecule has 37 heavy (non-hydrogen) atoms. The van der Waals surface area contributed by atoms with Crippen LogP contribution in [0.25, 0.3) is 0 Å². The molecule has 2 amide bonds. The van der Waals surface area contributed by atoms with Crippen molar-refractivity contribution < 1.29 is 14.3 Å². The van der Waals surface area contributed by atoms with Gasteiger partial charge in [0.2, 0.25) is 5.91 Å². The van der Waals surface area contributed by atoms with E-state index in [2.05, 4.69) is 11.4 Å². The van der Waals surface area contributed by atoms with E-state index in [0.717, 1.165) is 53.5 Å². The Bertz CT molecular complexity index is 1180. The maximum atomic E-state index is 13.8. The predicted molar refractivity (Wildman–Crippen MR) is 147 cm³/mol. The first-order valence-corrected chi connectivity index (χ1v) is 13.3. The molecule has 3 aromatic rings. The van der Waals surface area contributed by atoms with Gasteiger partial charge in [-0.1, -0.05) is 73.5 Å². The van der Waals surface area contributed by atoms with Crippen LogP contribution in [0.2, 0.25) is 0 Å². The van der Waals surface area contributed by atoms with E-state index in [1.54, 1.807) is 4.90 Å². The van der Waals surface area contributed by atoms with Crippen molar-refractivity contribution in [1.82, 2.24) is 10.2 Å². The van der Waals surface area contributed by atoms with Crippen molar-refractivity contribution in [2.75, 3.05) is 6.61 Å². The number of nitrogens with one attached hydrogen (secondary N) is 1. The summed E-state index contributed by atoms with van der Waals surface area (Å²) in [4.78, 5) is 29.2. The number of ether oxygens (including phenoxy) is 1. The zero-order chi connectivity index (χ0) is 26.2. The van der Waals surface area contributed by atoms with Crippen LogP contribution in [0.3, 0.4) is 0 Å². The number of carbonyl (C=O) groups excluding carboxylic acids is 2. The molecular weight excluding hydrogens is 460 g/mol. The summed E-state index contributed by atoms with van der Waals surface area (Å²) in [6.45, 7) is 6.27. The highest BCUT2D eigenvalue weighted by molar-refractivity contribution is 5.88. The van der Waals surface area contributed by atoms with Gasteiger partial charge >= 0.3 is 0 Å². The fourth-order valence-electron chi connectivity index (χ4n) is 5.14. The van der Waals surface area contributed by atoms with Gasteiger partial charge < -0.3 is 15.0 Å². The Morgan fingerprint density at radius 2 is 1.57 bits per heavy atom. The first kappa shape index (κ1) is 26.5. The lowest BCUT2D eigenvalue weighted by Gasteiger charge is -2.32. The average Bonchev–Trinajstić information content (AvgIpc) is 3.39. The number of rotatable bonds is 10. The van der Waals surface area contributed by atoms with Crippen LogP contribution in [0.4, 0.5) is 0 Å². The van der Waals surface area contributed by atoms with Gasteiger partial charge in [0.15, 0.2) is 6.61 Å². The Kier molecular flexibility index (Phi) is 8.99. The van der Waals surface area contributed by atoms with Crippen LogP contribution in [0.5, 0.6) is 5.75 Å². The summed E-state index contributed by atoms with van der Waals surface area (Å²) in [6, 6.07) is 23.4. The van der Waals surface area contributed by atoms with Gasteiger partial charge in [-0.15, -0.1) is 0 Å². The van der Waals surface area contributed by atoms with Crippen molar-refractivity contribution in [3.63, 3.8) is 0 Å². The second-order valence-corrected chi connectivity index (χ2v) is 10.3. The normalized spacial score (nSPS) is 14.2. The first-order chi connectivity index (χ1) is 17.9. The summed E-state index contributed by atoms with van der Waals surface area (Å²) in [5.74, 6) is 0.366. The van der Waals surface area contributed by atoms with Gasteiger partial charge in [0.1, 0.15) is 11.8 Å². The molecule has 1 aliphatic carbocycles. The summed E-state index contributed by atoms with van der Waals surface area (Å²) >= 11 is 0. The minimum Gasteiger partial charge on any atom is -0.484 e.